The van der Waals surface area contributed by atoms with Crippen LogP contribution in [0.1, 0.15) is 42.5 Å². The minimum Gasteiger partial charge on any atom is -0.508 e. The van der Waals surface area contributed by atoms with Crippen LogP contribution in [0.4, 0.5) is 10.1 Å². The minimum absolute atomic E-state index is 0.147. The molecule has 1 saturated heterocycles. The lowest BCUT2D eigenvalue weighted by atomic mass is 9.94. The Kier molecular flexibility index (Phi) is 7.03. The first-order valence-corrected chi connectivity index (χ1v) is 14.8. The number of aromatic nitrogens is 2. The van der Waals surface area contributed by atoms with Gasteiger partial charge in [0.15, 0.2) is 5.13 Å². The van der Waals surface area contributed by atoms with E-state index in [1.807, 2.05) is 11.4 Å². The summed E-state index contributed by atoms with van der Waals surface area (Å²) < 4.78 is 0. The number of carbonyl (C=O) groups excluding carboxylic acids is 1. The number of piperazine rings is 1. The number of thiazole rings is 1. The van der Waals surface area contributed by atoms with Gasteiger partial charge in [-0.15, -0.1) is 11.3 Å². The lowest BCUT2D eigenvalue weighted by molar-refractivity contribution is 0.102. The number of phenols is 1. The molecule has 2 N–H and O–H groups in total. The van der Waals surface area contributed by atoms with Gasteiger partial charge in [0, 0.05) is 55.3 Å². The van der Waals surface area contributed by atoms with E-state index in [9.17, 15) is 9.90 Å². The van der Waals surface area contributed by atoms with Crippen LogP contribution in [0.5, 0.6) is 5.75 Å². The van der Waals surface area contributed by atoms with Gasteiger partial charge in [-0.05, 0) is 37.1 Å². The van der Waals surface area contributed by atoms with Crippen molar-refractivity contribution in [2.45, 2.75) is 38.1 Å². The van der Waals surface area contributed by atoms with Crippen molar-refractivity contribution >= 4 is 61.2 Å². The van der Waals surface area contributed by atoms with E-state index in [2.05, 4.69) is 20.1 Å². The topological polar surface area (TPSA) is 81.6 Å². The zero-order valence-corrected chi connectivity index (χ0v) is 22.7. The average Bonchev–Trinajstić information content (AvgIpc) is 3.55. The number of phenolic OH excluding ortho intramolecular Hbond substituents is 1. The maximum absolute atomic E-state index is 13.1. The third-order valence-corrected chi connectivity index (χ3v) is 9.57. The molecule has 2 aliphatic rings. The fourth-order valence-electron chi connectivity index (χ4n) is 5.32. The summed E-state index contributed by atoms with van der Waals surface area (Å²) in [6, 6.07) is 9.36. The third kappa shape index (κ3) is 5.31. The molecule has 0 atom stereocenters. The van der Waals surface area contributed by atoms with E-state index in [4.69, 9.17) is 16.6 Å². The molecule has 192 valence electrons. The summed E-state index contributed by atoms with van der Waals surface area (Å²) in [4.78, 5) is 28.3. The quantitative estimate of drug-likeness (QED) is 0.294. The monoisotopic (exact) mass is 553 g/mol. The van der Waals surface area contributed by atoms with Gasteiger partial charge in [0.05, 0.1) is 21.0 Å². The highest BCUT2D eigenvalue weighted by Gasteiger charge is 2.28. The number of thiophene rings is 1. The van der Waals surface area contributed by atoms with Gasteiger partial charge in [0.2, 0.25) is 0 Å². The zero-order chi connectivity index (χ0) is 25.4. The molecular formula is C27H28ClN5O2S2. The standard InChI is InChI=1S/C27H28ClN5O2S2/c28-19-13-23(36-16-19)24-26(33-10-8-32(9-11-33)20-4-2-1-3-5-20)37-27(30-24)31-25(35)18-12-17-6-7-21(34)14-22(17)29-15-18/h6-7,12-16,20,34H,1-5,8-11H2,(H,30,31,35). The molecule has 1 aliphatic heterocycles. The van der Waals surface area contributed by atoms with Crippen molar-refractivity contribution in [1.82, 2.24) is 14.9 Å². The van der Waals surface area contributed by atoms with Gasteiger partial charge in [-0.2, -0.15) is 0 Å². The molecule has 6 rings (SSSR count). The number of rotatable bonds is 5. The number of pyridine rings is 1. The summed E-state index contributed by atoms with van der Waals surface area (Å²) in [7, 11) is 0. The second kappa shape index (κ2) is 10.6. The van der Waals surface area contributed by atoms with Crippen LogP contribution < -0.4 is 10.2 Å². The van der Waals surface area contributed by atoms with Gasteiger partial charge in [0.1, 0.15) is 16.4 Å². The summed E-state index contributed by atoms with van der Waals surface area (Å²) in [5, 5.41) is 17.7. The Morgan fingerprint density at radius 2 is 1.89 bits per heavy atom. The number of fused-ring (bicyclic) bond motifs is 1. The first-order valence-electron chi connectivity index (χ1n) is 12.7. The predicted octanol–water partition coefficient (Wildman–Crippen LogP) is 6.49. The van der Waals surface area contributed by atoms with Gasteiger partial charge in [0.25, 0.3) is 5.91 Å². The second-order valence-corrected chi connectivity index (χ2v) is 12.0. The molecule has 1 amide bonds. The van der Waals surface area contributed by atoms with Crippen LogP contribution in [-0.2, 0) is 0 Å². The largest absolute Gasteiger partial charge is 0.508 e. The Balaban J connectivity index is 1.23. The van der Waals surface area contributed by atoms with E-state index in [1.54, 1.807) is 35.6 Å². The lowest BCUT2D eigenvalue weighted by Gasteiger charge is -2.41. The first kappa shape index (κ1) is 24.6. The normalized spacial score (nSPS) is 17.4. The molecule has 1 saturated carbocycles. The first-order chi connectivity index (χ1) is 18.0. The molecular weight excluding hydrogens is 526 g/mol. The van der Waals surface area contributed by atoms with Crippen molar-refractivity contribution in [2.75, 3.05) is 36.4 Å². The number of nitrogens with zero attached hydrogens (tertiary/aromatic N) is 4. The van der Waals surface area contributed by atoms with E-state index in [0.29, 0.717) is 21.2 Å². The van der Waals surface area contributed by atoms with E-state index in [0.717, 1.165) is 53.2 Å². The minimum atomic E-state index is -0.263. The number of hydrogen-bond donors (Lipinski definition) is 2. The Morgan fingerprint density at radius 1 is 1.08 bits per heavy atom. The van der Waals surface area contributed by atoms with Crippen molar-refractivity contribution < 1.29 is 9.90 Å². The molecule has 2 fully saturated rings. The molecule has 1 aliphatic carbocycles. The van der Waals surface area contributed by atoms with Crippen LogP contribution in [-0.4, -0.2) is 58.1 Å². The van der Waals surface area contributed by atoms with Gasteiger partial charge >= 0.3 is 0 Å². The fourth-order valence-corrected chi connectivity index (χ4v) is 7.47. The molecule has 10 heteroatoms. The Morgan fingerprint density at radius 3 is 2.65 bits per heavy atom. The summed E-state index contributed by atoms with van der Waals surface area (Å²) in [5.74, 6) is -0.117. The van der Waals surface area contributed by atoms with Crippen molar-refractivity contribution in [2.24, 2.45) is 0 Å². The molecule has 0 unspecified atom stereocenters. The third-order valence-electron chi connectivity index (χ3n) is 7.25. The molecule has 0 spiro atoms. The van der Waals surface area contributed by atoms with Crippen molar-refractivity contribution in [3.8, 4) is 16.3 Å². The molecule has 4 aromatic rings. The summed E-state index contributed by atoms with van der Waals surface area (Å²) in [6.45, 7) is 3.99. The van der Waals surface area contributed by atoms with Gasteiger partial charge in [-0.3, -0.25) is 20.0 Å². The highest BCUT2D eigenvalue weighted by molar-refractivity contribution is 7.21. The number of nitrogens with one attached hydrogen (secondary N) is 1. The van der Waals surface area contributed by atoms with Crippen LogP contribution in [0.15, 0.2) is 41.9 Å². The van der Waals surface area contributed by atoms with Crippen LogP contribution >= 0.6 is 34.3 Å². The number of carbonyl (C=O) groups is 1. The maximum atomic E-state index is 13.1. The molecule has 1 aromatic carbocycles. The van der Waals surface area contributed by atoms with Gasteiger partial charge < -0.3 is 10.0 Å². The Bertz CT molecular complexity index is 1420. The number of aromatic hydroxyl groups is 1. The number of benzene rings is 1. The molecule has 37 heavy (non-hydrogen) atoms. The second-order valence-electron chi connectivity index (χ2n) is 9.67. The van der Waals surface area contributed by atoms with E-state index < -0.39 is 0 Å². The van der Waals surface area contributed by atoms with Crippen LogP contribution in [0, 0.1) is 0 Å². The average molecular weight is 554 g/mol. The number of hydrogen-bond acceptors (Lipinski definition) is 8. The Labute approximate surface area is 228 Å². The van der Waals surface area contributed by atoms with Gasteiger partial charge in [-0.25, -0.2) is 4.98 Å². The zero-order valence-electron chi connectivity index (χ0n) is 20.3. The van der Waals surface area contributed by atoms with Crippen molar-refractivity contribution in [3.05, 3.63) is 52.5 Å². The SMILES string of the molecule is O=C(Nc1nc(-c2cc(Cl)cs2)c(N2CCN(C3CCCCC3)CC2)s1)c1cnc2cc(O)ccc2c1. The number of halogens is 1. The van der Waals surface area contributed by atoms with Gasteiger partial charge in [-0.1, -0.05) is 42.2 Å². The van der Waals surface area contributed by atoms with Crippen LogP contribution in [0.25, 0.3) is 21.5 Å². The molecule has 7 nitrogen and oxygen atoms in total. The van der Waals surface area contributed by atoms with Crippen molar-refractivity contribution in [1.29, 1.82) is 0 Å². The summed E-state index contributed by atoms with van der Waals surface area (Å²) >= 11 is 9.33. The van der Waals surface area contributed by atoms with Crippen molar-refractivity contribution in [3.63, 3.8) is 0 Å². The summed E-state index contributed by atoms with van der Waals surface area (Å²) in [5.41, 5.74) is 1.95. The lowest BCUT2D eigenvalue weighted by Crippen LogP contribution is -2.50. The van der Waals surface area contributed by atoms with Crippen LogP contribution in [0.3, 0.4) is 0 Å². The predicted molar refractivity (Wildman–Crippen MR) is 152 cm³/mol. The smallest absolute Gasteiger partial charge is 0.259 e. The Hall–Kier alpha value is -2.72. The van der Waals surface area contributed by atoms with Crippen LogP contribution in [0.2, 0.25) is 5.02 Å². The molecule has 0 radical (unpaired) electrons. The molecule has 0 bridgehead atoms. The number of anilines is 2. The number of amides is 1. The highest BCUT2D eigenvalue weighted by atomic mass is 35.5. The highest BCUT2D eigenvalue weighted by Crippen LogP contribution is 2.42. The molecule has 4 heterocycles. The van der Waals surface area contributed by atoms with E-state index in [1.165, 1.54) is 49.6 Å². The molecule has 3 aromatic heterocycles. The van der Waals surface area contributed by atoms with E-state index in [-0.39, 0.29) is 11.7 Å². The summed E-state index contributed by atoms with van der Waals surface area (Å²) in [6.07, 6.45) is 8.23. The fraction of sp³-hybridized carbons (Fsp3) is 0.370. The van der Waals surface area contributed by atoms with E-state index >= 15 is 0 Å². The maximum Gasteiger partial charge on any atom is 0.259 e.